The van der Waals surface area contributed by atoms with Crippen LogP contribution >= 0.6 is 35.6 Å². The van der Waals surface area contributed by atoms with Crippen LogP contribution in [0.1, 0.15) is 0 Å². The number of benzene rings is 1. The van der Waals surface area contributed by atoms with Crippen molar-refractivity contribution in [3.05, 3.63) is 30.3 Å². The van der Waals surface area contributed by atoms with Gasteiger partial charge in [-0.3, -0.25) is 4.48 Å². The molecule has 0 aliphatic carbocycles. The van der Waals surface area contributed by atoms with E-state index in [-0.39, 0.29) is 0 Å². The second kappa shape index (κ2) is 6.72. The SMILES string of the molecule is C[N+](C)(C)c1ccccc1.Cl[I-](Cl)(Cl)Cl. The average molecular weight is 405 g/mol. The molecule has 0 atom stereocenters. The van der Waals surface area contributed by atoms with Crippen LogP contribution in [0.15, 0.2) is 30.3 Å². The maximum absolute atomic E-state index is 5.01. The van der Waals surface area contributed by atoms with Crippen molar-refractivity contribution in [1.82, 2.24) is 4.48 Å². The number of halogens is 5. The van der Waals surface area contributed by atoms with E-state index in [1.807, 2.05) is 6.07 Å². The molecular formula is C9H14Cl4IN. The number of nitrogens with zero attached hydrogens (tertiary/aromatic N) is 1. The summed E-state index contributed by atoms with van der Waals surface area (Å²) in [4.78, 5) is 0. The molecule has 0 spiro atoms. The molecule has 0 saturated carbocycles. The molecule has 1 nitrogen and oxygen atoms in total. The summed E-state index contributed by atoms with van der Waals surface area (Å²) in [5, 5.41) is 0. The summed E-state index contributed by atoms with van der Waals surface area (Å²) in [6.45, 7) is 0. The molecule has 90 valence electrons. The average Bonchev–Trinajstić information content (AvgIpc) is 2.01. The Labute approximate surface area is 110 Å². The van der Waals surface area contributed by atoms with Gasteiger partial charge in [0.05, 0.1) is 21.1 Å². The van der Waals surface area contributed by atoms with Crippen LogP contribution in [-0.2, 0) is 0 Å². The molecule has 0 unspecified atom stereocenters. The van der Waals surface area contributed by atoms with Gasteiger partial charge < -0.3 is 0 Å². The third kappa shape index (κ3) is 11.3. The summed E-state index contributed by atoms with van der Waals surface area (Å²) in [7, 11) is 26.5. The Morgan fingerprint density at radius 2 is 1.20 bits per heavy atom. The molecule has 0 amide bonds. The predicted molar refractivity (Wildman–Crippen MR) is 69.4 cm³/mol. The van der Waals surface area contributed by atoms with Gasteiger partial charge >= 0.3 is 49.6 Å². The van der Waals surface area contributed by atoms with Crippen molar-refractivity contribution in [2.45, 2.75) is 0 Å². The van der Waals surface area contributed by atoms with Crippen LogP contribution in [0.2, 0.25) is 0 Å². The first kappa shape index (κ1) is 16.1. The molecule has 0 fully saturated rings. The number of hydrogen-bond donors (Lipinski definition) is 0. The first-order valence-electron chi connectivity index (χ1n) is 4.05. The van der Waals surface area contributed by atoms with Crippen LogP contribution in [0.4, 0.5) is 5.69 Å². The summed E-state index contributed by atoms with van der Waals surface area (Å²) in [6.07, 6.45) is 0. The van der Waals surface area contributed by atoms with Crippen LogP contribution in [0.5, 0.6) is 0 Å². The van der Waals surface area contributed by atoms with Crippen LogP contribution < -0.4 is 18.4 Å². The molecule has 1 rings (SSSR count). The van der Waals surface area contributed by atoms with Crippen molar-refractivity contribution in [2.24, 2.45) is 0 Å². The predicted octanol–water partition coefficient (Wildman–Crippen LogP) is 1.65. The molecule has 1 aromatic carbocycles. The summed E-state index contributed by atoms with van der Waals surface area (Å²) in [5.41, 5.74) is 1.34. The van der Waals surface area contributed by atoms with E-state index in [0.717, 1.165) is 4.48 Å². The van der Waals surface area contributed by atoms with E-state index in [2.05, 4.69) is 45.4 Å². The molecule has 6 heteroatoms. The zero-order valence-corrected chi connectivity index (χ0v) is 13.9. The summed E-state index contributed by atoms with van der Waals surface area (Å²) < 4.78 is 0.890. The fourth-order valence-electron chi connectivity index (χ4n) is 0.875. The van der Waals surface area contributed by atoms with Gasteiger partial charge in [-0.15, -0.1) is 0 Å². The van der Waals surface area contributed by atoms with Gasteiger partial charge in [-0.05, 0) is 12.1 Å². The Kier molecular flexibility index (Phi) is 7.20. The summed E-state index contributed by atoms with van der Waals surface area (Å²) >= 11 is -3.05. The van der Waals surface area contributed by atoms with E-state index in [1.165, 1.54) is 5.69 Å². The van der Waals surface area contributed by atoms with E-state index in [4.69, 9.17) is 35.6 Å². The van der Waals surface area contributed by atoms with Crippen LogP contribution in [0.25, 0.3) is 0 Å². The fraction of sp³-hybridized carbons (Fsp3) is 0.333. The van der Waals surface area contributed by atoms with E-state index < -0.39 is 13.9 Å². The van der Waals surface area contributed by atoms with Crippen molar-refractivity contribution < 1.29 is 13.9 Å². The molecule has 0 saturated heterocycles. The first-order valence-corrected chi connectivity index (χ1v) is 15.0. The quantitative estimate of drug-likeness (QED) is 0.493. The number of rotatable bonds is 1. The molecule has 0 radical (unpaired) electrons. The molecule has 1 aromatic rings. The van der Waals surface area contributed by atoms with E-state index in [0.29, 0.717) is 0 Å². The Hall–Kier alpha value is 1.07. The van der Waals surface area contributed by atoms with E-state index in [1.54, 1.807) is 0 Å². The van der Waals surface area contributed by atoms with Crippen LogP contribution in [-0.4, -0.2) is 21.1 Å². The molecule has 0 N–H and O–H groups in total. The van der Waals surface area contributed by atoms with Crippen LogP contribution in [0, 0.1) is 0 Å². The maximum atomic E-state index is 5.01. The van der Waals surface area contributed by atoms with Crippen molar-refractivity contribution in [1.29, 1.82) is 0 Å². The Morgan fingerprint density at radius 1 is 0.867 bits per heavy atom. The molecule has 0 heterocycles. The monoisotopic (exact) mass is 403 g/mol. The molecule has 0 aliphatic heterocycles. The molecule has 0 bridgehead atoms. The molecular weight excluding hydrogens is 391 g/mol. The van der Waals surface area contributed by atoms with E-state index >= 15 is 0 Å². The van der Waals surface area contributed by atoms with Gasteiger partial charge in [0.15, 0.2) is 0 Å². The Bertz CT molecular complexity index is 272. The topological polar surface area (TPSA) is 0 Å². The number of hydrogen-bond acceptors (Lipinski definition) is 0. The normalized spacial score (nSPS) is 12.7. The Balaban J connectivity index is 0.000000336. The third-order valence-corrected chi connectivity index (χ3v) is 1.53. The van der Waals surface area contributed by atoms with Gasteiger partial charge in [0.2, 0.25) is 0 Å². The van der Waals surface area contributed by atoms with Gasteiger partial charge in [-0.1, -0.05) is 18.2 Å². The minimum absolute atomic E-state index is 0.890. The van der Waals surface area contributed by atoms with Crippen molar-refractivity contribution in [3.8, 4) is 0 Å². The summed E-state index contributed by atoms with van der Waals surface area (Å²) in [6, 6.07) is 10.5. The molecule has 0 aromatic heterocycles. The fourth-order valence-corrected chi connectivity index (χ4v) is 0.875. The van der Waals surface area contributed by atoms with E-state index in [9.17, 15) is 0 Å². The zero-order chi connectivity index (χ0) is 12.1. The van der Waals surface area contributed by atoms with Gasteiger partial charge in [0.25, 0.3) is 0 Å². The van der Waals surface area contributed by atoms with Gasteiger partial charge in [0.1, 0.15) is 5.69 Å². The second-order valence-electron chi connectivity index (χ2n) is 3.67. The van der Waals surface area contributed by atoms with Crippen molar-refractivity contribution in [2.75, 3.05) is 21.1 Å². The second-order valence-corrected chi connectivity index (χ2v) is 22.9. The summed E-state index contributed by atoms with van der Waals surface area (Å²) in [5.74, 6) is 0. The zero-order valence-electron chi connectivity index (χ0n) is 8.72. The van der Waals surface area contributed by atoms with Gasteiger partial charge in [-0.2, -0.15) is 0 Å². The number of quaternary nitrogens is 1. The molecule has 0 aliphatic rings. The van der Waals surface area contributed by atoms with Gasteiger partial charge in [0, 0.05) is 0 Å². The Morgan fingerprint density at radius 3 is 1.40 bits per heavy atom. The first-order chi connectivity index (χ1) is 6.61. The number of para-hydroxylation sites is 1. The van der Waals surface area contributed by atoms with Crippen molar-refractivity contribution >= 4 is 41.3 Å². The molecule has 15 heavy (non-hydrogen) atoms. The van der Waals surface area contributed by atoms with Crippen molar-refractivity contribution in [3.63, 3.8) is 0 Å². The minimum atomic E-state index is -3.05. The standard InChI is InChI=1S/C9H14N.Cl4I/c1-10(2,3)9-7-5-4-6-8-9;1-5(2,3)4/h4-8H,1-3H3;/q+1;-1. The van der Waals surface area contributed by atoms with Gasteiger partial charge in [-0.25, -0.2) is 0 Å². The third-order valence-electron chi connectivity index (χ3n) is 1.53. The van der Waals surface area contributed by atoms with Crippen LogP contribution in [0.3, 0.4) is 0 Å².